The van der Waals surface area contributed by atoms with Crippen LogP contribution in [0.15, 0.2) is 53.3 Å². The summed E-state index contributed by atoms with van der Waals surface area (Å²) < 4.78 is 21.5. The number of nitrogens with zero attached hydrogens (tertiary/aromatic N) is 1. The number of nitrogens with one attached hydrogen (secondary N) is 1. The Morgan fingerprint density at radius 3 is 2.69 bits per heavy atom. The third-order valence-corrected chi connectivity index (χ3v) is 6.26. The fourth-order valence-corrected chi connectivity index (χ4v) is 4.43. The van der Waals surface area contributed by atoms with Crippen LogP contribution >= 0.6 is 0 Å². The summed E-state index contributed by atoms with van der Waals surface area (Å²) in [5, 5.41) is 3.85. The summed E-state index contributed by atoms with van der Waals surface area (Å²) in [7, 11) is 0. The van der Waals surface area contributed by atoms with Crippen molar-refractivity contribution in [2.24, 2.45) is 5.92 Å². The number of hydrogen-bond donors (Lipinski definition) is 1. The molecule has 0 saturated heterocycles. The van der Waals surface area contributed by atoms with E-state index in [1.165, 1.54) is 42.7 Å². The summed E-state index contributed by atoms with van der Waals surface area (Å²) in [6, 6.07) is 13.4. The van der Waals surface area contributed by atoms with E-state index < -0.39 is 0 Å². The third kappa shape index (κ3) is 5.18. The van der Waals surface area contributed by atoms with E-state index in [0.717, 1.165) is 10.9 Å². The molecule has 0 bridgehead atoms. The normalized spacial score (nSPS) is 14.4. The lowest BCUT2D eigenvalue weighted by molar-refractivity contribution is -0.123. The highest BCUT2D eigenvalue weighted by Gasteiger charge is 2.15. The van der Waals surface area contributed by atoms with Gasteiger partial charge in [0.15, 0.2) is 6.61 Å². The monoisotopic (exact) mass is 436 g/mol. The lowest BCUT2D eigenvalue weighted by atomic mass is 9.89. The van der Waals surface area contributed by atoms with Crippen LogP contribution in [0.2, 0.25) is 0 Å². The first-order valence-electron chi connectivity index (χ1n) is 11.3. The number of carbonyl (C=O) groups is 1. The van der Waals surface area contributed by atoms with Crippen molar-refractivity contribution in [1.82, 2.24) is 9.88 Å². The number of ether oxygens (including phenoxy) is 1. The number of carbonyl (C=O) groups excluding carboxylic acids is 1. The van der Waals surface area contributed by atoms with Gasteiger partial charge in [0.25, 0.3) is 11.5 Å². The minimum atomic E-state index is -0.352. The Morgan fingerprint density at radius 2 is 1.91 bits per heavy atom. The summed E-state index contributed by atoms with van der Waals surface area (Å²) in [5.74, 6) is 0.556. The molecule has 6 heteroatoms. The fraction of sp³-hybridized carbons (Fsp3) is 0.385. The summed E-state index contributed by atoms with van der Waals surface area (Å²) in [5.41, 5.74) is 1.72. The maximum Gasteiger partial charge on any atom is 0.257 e. The molecule has 0 aliphatic heterocycles. The van der Waals surface area contributed by atoms with Gasteiger partial charge < -0.3 is 14.6 Å². The molecule has 32 heavy (non-hydrogen) atoms. The van der Waals surface area contributed by atoms with E-state index in [1.54, 1.807) is 36.4 Å². The first-order chi connectivity index (χ1) is 15.5. The van der Waals surface area contributed by atoms with Crippen molar-refractivity contribution in [3.05, 3.63) is 75.8 Å². The van der Waals surface area contributed by atoms with Gasteiger partial charge in [0.05, 0.1) is 12.1 Å². The minimum absolute atomic E-state index is 0.0818. The number of benzene rings is 2. The lowest BCUT2D eigenvalue weighted by Crippen LogP contribution is -2.33. The Bertz CT molecular complexity index is 1170. The second-order valence-corrected chi connectivity index (χ2v) is 8.62. The molecule has 5 nitrogen and oxygen atoms in total. The van der Waals surface area contributed by atoms with Crippen LogP contribution in [0.4, 0.5) is 4.39 Å². The Balaban J connectivity index is 1.50. The van der Waals surface area contributed by atoms with E-state index in [2.05, 4.69) is 5.32 Å². The van der Waals surface area contributed by atoms with Crippen LogP contribution in [0.5, 0.6) is 5.75 Å². The molecule has 1 aliphatic rings. The molecule has 3 aromatic rings. The number of hydrogen-bond acceptors (Lipinski definition) is 3. The minimum Gasteiger partial charge on any atom is -0.484 e. The molecular formula is C26H29FN2O3. The highest BCUT2D eigenvalue weighted by molar-refractivity contribution is 5.84. The van der Waals surface area contributed by atoms with Crippen LogP contribution in [0.1, 0.15) is 43.2 Å². The van der Waals surface area contributed by atoms with Crippen molar-refractivity contribution < 1.29 is 13.9 Å². The SMILES string of the molecule is Cc1cc(=O)n(Cc2ccccc2F)c2cc(OCC(=O)NCC3CCCCC3)ccc12. The van der Waals surface area contributed by atoms with Crippen LogP contribution in [0, 0.1) is 18.7 Å². The summed E-state index contributed by atoms with van der Waals surface area (Å²) >= 11 is 0. The molecule has 4 rings (SSSR count). The van der Waals surface area contributed by atoms with Gasteiger partial charge in [0.2, 0.25) is 0 Å². The van der Waals surface area contributed by atoms with Gasteiger partial charge in [-0.15, -0.1) is 0 Å². The molecule has 1 amide bonds. The van der Waals surface area contributed by atoms with Crippen molar-refractivity contribution in [3.63, 3.8) is 0 Å². The number of halogens is 1. The van der Waals surface area contributed by atoms with Gasteiger partial charge in [0, 0.05) is 29.6 Å². The Labute approximate surface area is 187 Å². The highest BCUT2D eigenvalue weighted by Crippen LogP contribution is 2.24. The van der Waals surface area contributed by atoms with E-state index in [-0.39, 0.29) is 30.4 Å². The van der Waals surface area contributed by atoms with Crippen LogP contribution in [0.3, 0.4) is 0 Å². The molecule has 0 spiro atoms. The zero-order chi connectivity index (χ0) is 22.5. The number of rotatable bonds is 7. The Hall–Kier alpha value is -3.15. The maximum atomic E-state index is 14.2. The number of fused-ring (bicyclic) bond motifs is 1. The van der Waals surface area contributed by atoms with E-state index in [9.17, 15) is 14.0 Å². The van der Waals surface area contributed by atoms with Gasteiger partial charge in [-0.3, -0.25) is 9.59 Å². The topological polar surface area (TPSA) is 60.3 Å². The average molecular weight is 437 g/mol. The predicted molar refractivity (Wildman–Crippen MR) is 124 cm³/mol. The van der Waals surface area contributed by atoms with Crippen molar-refractivity contribution >= 4 is 16.8 Å². The second-order valence-electron chi connectivity index (χ2n) is 8.62. The number of amides is 1. The highest BCUT2D eigenvalue weighted by atomic mass is 19.1. The standard InChI is InChI=1S/C26H29FN2O3/c1-18-13-26(31)29(16-20-9-5-6-10-23(20)27)24-14-21(11-12-22(18)24)32-17-25(30)28-15-19-7-3-2-4-8-19/h5-6,9-14,19H,2-4,7-8,15-17H2,1H3,(H,28,30). The zero-order valence-electron chi connectivity index (χ0n) is 18.4. The summed E-state index contributed by atoms with van der Waals surface area (Å²) in [6.07, 6.45) is 6.11. The summed E-state index contributed by atoms with van der Waals surface area (Å²) in [6.45, 7) is 2.60. The number of pyridine rings is 1. The Morgan fingerprint density at radius 1 is 1.12 bits per heavy atom. The average Bonchev–Trinajstić information content (AvgIpc) is 2.80. The molecule has 0 radical (unpaired) electrons. The molecule has 1 N–H and O–H groups in total. The molecule has 1 heterocycles. The van der Waals surface area contributed by atoms with Gasteiger partial charge in [-0.25, -0.2) is 4.39 Å². The molecule has 0 atom stereocenters. The second kappa shape index (κ2) is 9.98. The van der Waals surface area contributed by atoms with Gasteiger partial charge in [-0.2, -0.15) is 0 Å². The molecule has 1 fully saturated rings. The molecule has 1 aliphatic carbocycles. The molecule has 1 saturated carbocycles. The predicted octanol–water partition coefficient (Wildman–Crippen LogP) is 4.57. The largest absolute Gasteiger partial charge is 0.484 e. The molecule has 2 aromatic carbocycles. The van der Waals surface area contributed by atoms with Crippen LogP contribution in [-0.4, -0.2) is 23.6 Å². The number of aryl methyl sites for hydroxylation is 1. The Kier molecular flexibility index (Phi) is 6.88. The zero-order valence-corrected chi connectivity index (χ0v) is 18.4. The first-order valence-corrected chi connectivity index (χ1v) is 11.3. The number of aromatic nitrogens is 1. The van der Waals surface area contributed by atoms with Gasteiger partial charge in [-0.1, -0.05) is 37.5 Å². The van der Waals surface area contributed by atoms with E-state index in [4.69, 9.17) is 4.74 Å². The first kappa shape index (κ1) is 22.1. The maximum absolute atomic E-state index is 14.2. The van der Waals surface area contributed by atoms with Crippen LogP contribution < -0.4 is 15.6 Å². The summed E-state index contributed by atoms with van der Waals surface area (Å²) in [4.78, 5) is 25.0. The van der Waals surface area contributed by atoms with E-state index in [0.29, 0.717) is 29.3 Å². The van der Waals surface area contributed by atoms with Crippen molar-refractivity contribution in [1.29, 1.82) is 0 Å². The third-order valence-electron chi connectivity index (χ3n) is 6.26. The lowest BCUT2D eigenvalue weighted by Gasteiger charge is -2.21. The van der Waals surface area contributed by atoms with Gasteiger partial charge >= 0.3 is 0 Å². The van der Waals surface area contributed by atoms with Gasteiger partial charge in [-0.05, 0) is 49.4 Å². The van der Waals surface area contributed by atoms with Crippen LogP contribution in [-0.2, 0) is 11.3 Å². The fourth-order valence-electron chi connectivity index (χ4n) is 4.43. The van der Waals surface area contributed by atoms with Crippen molar-refractivity contribution in [2.45, 2.75) is 45.6 Å². The smallest absolute Gasteiger partial charge is 0.257 e. The molecule has 168 valence electrons. The van der Waals surface area contributed by atoms with E-state index >= 15 is 0 Å². The van der Waals surface area contributed by atoms with Crippen molar-refractivity contribution in [2.75, 3.05) is 13.2 Å². The van der Waals surface area contributed by atoms with Crippen LogP contribution in [0.25, 0.3) is 10.9 Å². The van der Waals surface area contributed by atoms with Crippen molar-refractivity contribution in [3.8, 4) is 5.75 Å². The molecule has 0 unspecified atom stereocenters. The van der Waals surface area contributed by atoms with E-state index in [1.807, 2.05) is 13.0 Å². The van der Waals surface area contributed by atoms with Gasteiger partial charge in [0.1, 0.15) is 11.6 Å². The quantitative estimate of drug-likeness (QED) is 0.590. The molecule has 1 aromatic heterocycles. The molecular weight excluding hydrogens is 407 g/mol.